The van der Waals surface area contributed by atoms with Gasteiger partial charge in [-0.3, -0.25) is 0 Å². The summed E-state index contributed by atoms with van der Waals surface area (Å²) < 4.78 is 0. The van der Waals surface area contributed by atoms with Crippen LogP contribution in [0.1, 0.15) is 11.1 Å². The number of nitrogens with zero attached hydrogens (tertiary/aromatic N) is 2. The maximum Gasteiger partial charge on any atom is 0.0919 e. The van der Waals surface area contributed by atoms with E-state index in [-0.39, 0.29) is 0 Å². The highest BCUT2D eigenvalue weighted by Crippen LogP contribution is 2.35. The first-order chi connectivity index (χ1) is 11.4. The van der Waals surface area contributed by atoms with Crippen molar-refractivity contribution in [2.24, 2.45) is 0 Å². The van der Waals surface area contributed by atoms with Crippen LogP contribution in [-0.2, 0) is 6.42 Å². The Morgan fingerprint density at radius 3 is 1.48 bits per heavy atom. The predicted molar refractivity (Wildman–Crippen MR) is 91.9 cm³/mol. The Morgan fingerprint density at radius 2 is 1.13 bits per heavy atom. The Morgan fingerprint density at radius 1 is 0.652 bits per heavy atom. The number of aromatic amines is 2. The second kappa shape index (κ2) is 7.75. The quantitative estimate of drug-likeness (QED) is 0.453. The van der Waals surface area contributed by atoms with Crippen LogP contribution < -0.4 is 0 Å². The van der Waals surface area contributed by atoms with E-state index in [1.807, 2.05) is 0 Å². The Hall–Kier alpha value is -3.14. The smallest absolute Gasteiger partial charge is 0.0919 e. The van der Waals surface area contributed by atoms with Crippen LogP contribution in [0.4, 0.5) is 0 Å². The third kappa shape index (κ3) is 3.95. The summed E-state index contributed by atoms with van der Waals surface area (Å²) >= 11 is 0. The number of fused-ring (bicyclic) bond motifs is 3. The highest BCUT2D eigenvalue weighted by molar-refractivity contribution is 5.76. The van der Waals surface area contributed by atoms with Gasteiger partial charge in [-0.25, -0.2) is 9.97 Å². The summed E-state index contributed by atoms with van der Waals surface area (Å²) in [6, 6.07) is 17.3. The molecule has 0 atom stereocenters. The summed E-state index contributed by atoms with van der Waals surface area (Å²) in [6.07, 6.45) is 11.3. The molecule has 0 bridgehead atoms. The number of rotatable bonds is 0. The van der Waals surface area contributed by atoms with E-state index in [4.69, 9.17) is 0 Å². The maximum atomic E-state index is 3.67. The molecule has 2 heterocycles. The van der Waals surface area contributed by atoms with Crippen molar-refractivity contribution in [2.75, 3.05) is 0 Å². The molecule has 0 saturated carbocycles. The van der Waals surface area contributed by atoms with Gasteiger partial charge in [-0.1, -0.05) is 48.5 Å². The Balaban J connectivity index is 0.000000128. The molecular weight excluding hydrogens is 284 g/mol. The molecule has 0 saturated heterocycles. The van der Waals surface area contributed by atoms with Gasteiger partial charge in [0.05, 0.1) is 12.7 Å². The van der Waals surface area contributed by atoms with Crippen LogP contribution in [0.15, 0.2) is 86.0 Å². The molecule has 0 radical (unpaired) electrons. The van der Waals surface area contributed by atoms with Crippen molar-refractivity contribution in [1.29, 1.82) is 0 Å². The standard InChI is InChI=1S/C13H10.2C3H4N2/c1-3-7-12-10(5-1)9-11-6-2-4-8-13(11)12;2*1-2-5-3-4-1/h1-8H,9H2;2*1-3H,(H,4,5). The molecular formula is C19H18N4. The van der Waals surface area contributed by atoms with E-state index in [1.165, 1.54) is 22.3 Å². The van der Waals surface area contributed by atoms with Gasteiger partial charge in [0.15, 0.2) is 0 Å². The van der Waals surface area contributed by atoms with E-state index >= 15 is 0 Å². The van der Waals surface area contributed by atoms with Crippen LogP contribution in [-0.4, -0.2) is 19.9 Å². The summed E-state index contributed by atoms with van der Waals surface area (Å²) in [7, 11) is 0. The first-order valence-electron chi connectivity index (χ1n) is 7.47. The Kier molecular flexibility index (Phi) is 4.98. The highest BCUT2D eigenvalue weighted by atomic mass is 14.8. The monoisotopic (exact) mass is 302 g/mol. The average molecular weight is 302 g/mol. The average Bonchev–Trinajstić information content (AvgIpc) is 3.38. The fraction of sp³-hybridized carbons (Fsp3) is 0.0526. The van der Waals surface area contributed by atoms with Crippen LogP contribution in [0.5, 0.6) is 0 Å². The minimum atomic E-state index is 1.10. The van der Waals surface area contributed by atoms with Crippen molar-refractivity contribution in [1.82, 2.24) is 19.9 Å². The lowest BCUT2D eigenvalue weighted by Crippen LogP contribution is -1.77. The molecule has 114 valence electrons. The van der Waals surface area contributed by atoms with E-state index in [9.17, 15) is 0 Å². The molecule has 0 fully saturated rings. The van der Waals surface area contributed by atoms with Gasteiger partial charge in [0.25, 0.3) is 0 Å². The summed E-state index contributed by atoms with van der Waals surface area (Å²) in [4.78, 5) is 12.8. The number of aromatic nitrogens is 4. The molecule has 4 heteroatoms. The van der Waals surface area contributed by atoms with Crippen LogP contribution in [0, 0.1) is 0 Å². The van der Waals surface area contributed by atoms with Crippen LogP contribution >= 0.6 is 0 Å². The van der Waals surface area contributed by atoms with Crippen molar-refractivity contribution >= 4 is 0 Å². The molecule has 23 heavy (non-hydrogen) atoms. The second-order valence-electron chi connectivity index (χ2n) is 5.01. The van der Waals surface area contributed by atoms with Gasteiger partial charge in [0.1, 0.15) is 0 Å². The molecule has 4 aromatic rings. The first-order valence-corrected chi connectivity index (χ1v) is 7.47. The van der Waals surface area contributed by atoms with Crippen molar-refractivity contribution in [3.8, 4) is 11.1 Å². The molecule has 5 rings (SSSR count). The SMILES string of the molecule is c1c[nH]cn1.c1c[nH]cn1.c1ccc2c(c1)Cc1ccccc1-2. The molecule has 2 aromatic heterocycles. The van der Waals surface area contributed by atoms with Gasteiger partial charge in [-0.2, -0.15) is 0 Å². The lowest BCUT2D eigenvalue weighted by atomic mass is 10.1. The van der Waals surface area contributed by atoms with E-state index < -0.39 is 0 Å². The molecule has 0 amide bonds. The van der Waals surface area contributed by atoms with Crippen molar-refractivity contribution in [2.45, 2.75) is 6.42 Å². The van der Waals surface area contributed by atoms with Gasteiger partial charge in [0.2, 0.25) is 0 Å². The van der Waals surface area contributed by atoms with Gasteiger partial charge < -0.3 is 9.97 Å². The summed E-state index contributed by atoms with van der Waals surface area (Å²) in [5.41, 5.74) is 5.75. The lowest BCUT2D eigenvalue weighted by Gasteiger charge is -1.98. The van der Waals surface area contributed by atoms with E-state index in [1.54, 1.807) is 37.4 Å². The zero-order valence-corrected chi connectivity index (χ0v) is 12.7. The second-order valence-corrected chi connectivity index (χ2v) is 5.01. The van der Waals surface area contributed by atoms with Crippen molar-refractivity contribution in [3.05, 3.63) is 97.1 Å². The number of hydrogen-bond acceptors (Lipinski definition) is 2. The topological polar surface area (TPSA) is 57.4 Å². The van der Waals surface area contributed by atoms with Gasteiger partial charge in [-0.15, -0.1) is 0 Å². The van der Waals surface area contributed by atoms with E-state index in [0.717, 1.165) is 6.42 Å². The predicted octanol–water partition coefficient (Wildman–Crippen LogP) is 4.08. The van der Waals surface area contributed by atoms with Crippen LogP contribution in [0.2, 0.25) is 0 Å². The minimum absolute atomic E-state index is 1.10. The van der Waals surface area contributed by atoms with Crippen LogP contribution in [0.3, 0.4) is 0 Å². The fourth-order valence-electron chi connectivity index (χ4n) is 2.51. The fourth-order valence-corrected chi connectivity index (χ4v) is 2.51. The first kappa shape index (κ1) is 14.8. The minimum Gasteiger partial charge on any atom is -0.351 e. The third-order valence-electron chi connectivity index (χ3n) is 3.52. The van der Waals surface area contributed by atoms with Gasteiger partial charge >= 0.3 is 0 Å². The number of H-pyrrole nitrogens is 2. The van der Waals surface area contributed by atoms with Gasteiger partial charge in [-0.05, 0) is 28.7 Å². The zero-order valence-electron chi connectivity index (χ0n) is 12.7. The summed E-state index contributed by atoms with van der Waals surface area (Å²) in [5, 5.41) is 0. The molecule has 1 aliphatic carbocycles. The van der Waals surface area contributed by atoms with Crippen molar-refractivity contribution in [3.63, 3.8) is 0 Å². The largest absolute Gasteiger partial charge is 0.351 e. The maximum absolute atomic E-state index is 3.67. The number of hydrogen-bond donors (Lipinski definition) is 2. The van der Waals surface area contributed by atoms with E-state index in [0.29, 0.717) is 0 Å². The molecule has 1 aliphatic rings. The van der Waals surface area contributed by atoms with Crippen molar-refractivity contribution < 1.29 is 0 Å². The lowest BCUT2D eigenvalue weighted by molar-refractivity contribution is 1.26. The Labute approximate surface area is 135 Å². The summed E-state index contributed by atoms with van der Waals surface area (Å²) in [6.45, 7) is 0. The summed E-state index contributed by atoms with van der Waals surface area (Å²) in [5.74, 6) is 0. The molecule has 0 spiro atoms. The molecule has 4 nitrogen and oxygen atoms in total. The van der Waals surface area contributed by atoms with Gasteiger partial charge in [0, 0.05) is 24.8 Å². The molecule has 2 N–H and O–H groups in total. The molecule has 2 aromatic carbocycles. The normalized spacial score (nSPS) is 10.4. The Bertz CT molecular complexity index is 701. The molecule has 0 unspecified atom stereocenters. The highest BCUT2D eigenvalue weighted by Gasteiger charge is 2.15. The number of nitrogens with one attached hydrogen (secondary N) is 2. The third-order valence-corrected chi connectivity index (χ3v) is 3.52. The number of imidazole rings is 2. The zero-order chi connectivity index (χ0) is 15.7. The van der Waals surface area contributed by atoms with Crippen LogP contribution in [0.25, 0.3) is 11.1 Å². The molecule has 0 aliphatic heterocycles. The van der Waals surface area contributed by atoms with E-state index in [2.05, 4.69) is 68.5 Å². The number of benzene rings is 2.